The molecule has 0 atom stereocenters. The van der Waals surface area contributed by atoms with Crippen LogP contribution < -0.4 is 0 Å². The molecule has 0 bridgehead atoms. The summed E-state index contributed by atoms with van der Waals surface area (Å²) in [6.07, 6.45) is 1.20. The predicted octanol–water partition coefficient (Wildman–Crippen LogP) is 2.29. The van der Waals surface area contributed by atoms with Crippen molar-refractivity contribution in [3.8, 4) is 0 Å². The Morgan fingerprint density at radius 3 is 2.53 bits per heavy atom. The van der Waals surface area contributed by atoms with Gasteiger partial charge in [0.25, 0.3) is 0 Å². The molecule has 17 heavy (non-hydrogen) atoms. The van der Waals surface area contributed by atoms with E-state index in [0.717, 1.165) is 11.1 Å². The van der Waals surface area contributed by atoms with Crippen molar-refractivity contribution in [3.63, 3.8) is 0 Å². The Kier molecular flexibility index (Phi) is 4.84. The monoisotopic (exact) mass is 237 g/mol. The van der Waals surface area contributed by atoms with Crippen molar-refractivity contribution in [1.29, 1.82) is 0 Å². The van der Waals surface area contributed by atoms with E-state index >= 15 is 0 Å². The van der Waals surface area contributed by atoms with Gasteiger partial charge in [0, 0.05) is 19.2 Å². The van der Waals surface area contributed by atoms with E-state index in [0.29, 0.717) is 13.1 Å². The molecule has 0 unspecified atom stereocenters. The van der Waals surface area contributed by atoms with Crippen LogP contribution >= 0.6 is 0 Å². The third-order valence-corrected chi connectivity index (χ3v) is 2.25. The number of rotatable bonds is 5. The molecule has 0 aliphatic heterocycles. The summed E-state index contributed by atoms with van der Waals surface area (Å²) in [6.45, 7) is 3.00. The molecule has 4 heteroatoms. The SMILES string of the molecule is CC(=CC(=O)O)CN(C)Cc1ccc(F)cc1. The Hall–Kier alpha value is -1.68. The van der Waals surface area contributed by atoms with Crippen LogP contribution in [0.4, 0.5) is 4.39 Å². The Balaban J connectivity index is 2.52. The third-order valence-electron chi connectivity index (χ3n) is 2.25. The van der Waals surface area contributed by atoms with Gasteiger partial charge in [0.15, 0.2) is 0 Å². The quantitative estimate of drug-likeness (QED) is 0.799. The minimum Gasteiger partial charge on any atom is -0.478 e. The predicted molar refractivity (Wildman–Crippen MR) is 64.1 cm³/mol. The number of carboxylic acids is 1. The van der Waals surface area contributed by atoms with Crippen LogP contribution in [0.2, 0.25) is 0 Å². The van der Waals surface area contributed by atoms with E-state index in [2.05, 4.69) is 0 Å². The lowest BCUT2D eigenvalue weighted by Crippen LogP contribution is -2.20. The molecule has 0 aromatic heterocycles. The number of nitrogens with zero attached hydrogens (tertiary/aromatic N) is 1. The van der Waals surface area contributed by atoms with Gasteiger partial charge < -0.3 is 5.11 Å². The van der Waals surface area contributed by atoms with Gasteiger partial charge in [-0.3, -0.25) is 4.90 Å². The van der Waals surface area contributed by atoms with Crippen LogP contribution in [0.1, 0.15) is 12.5 Å². The molecule has 0 aliphatic rings. The standard InChI is InChI=1S/C13H16FNO2/c1-10(7-13(16)17)8-15(2)9-11-3-5-12(14)6-4-11/h3-7H,8-9H2,1-2H3,(H,16,17). The smallest absolute Gasteiger partial charge is 0.328 e. The van der Waals surface area contributed by atoms with Crippen LogP contribution in [-0.2, 0) is 11.3 Å². The van der Waals surface area contributed by atoms with E-state index in [1.165, 1.54) is 18.2 Å². The van der Waals surface area contributed by atoms with Gasteiger partial charge in [0.2, 0.25) is 0 Å². The first-order valence-corrected chi connectivity index (χ1v) is 5.30. The summed E-state index contributed by atoms with van der Waals surface area (Å²) in [4.78, 5) is 12.4. The van der Waals surface area contributed by atoms with Crippen molar-refractivity contribution >= 4 is 5.97 Å². The summed E-state index contributed by atoms with van der Waals surface area (Å²) in [5.41, 5.74) is 1.78. The van der Waals surface area contributed by atoms with Gasteiger partial charge >= 0.3 is 5.97 Å². The molecule has 92 valence electrons. The molecule has 1 aromatic rings. The number of hydrogen-bond donors (Lipinski definition) is 1. The number of carboxylic acid groups (broad SMARTS) is 1. The average Bonchev–Trinajstić information content (AvgIpc) is 2.19. The van der Waals surface area contributed by atoms with Gasteiger partial charge in [0.1, 0.15) is 5.82 Å². The third kappa shape index (κ3) is 5.26. The van der Waals surface area contributed by atoms with E-state index in [4.69, 9.17) is 5.11 Å². The zero-order chi connectivity index (χ0) is 12.8. The zero-order valence-electron chi connectivity index (χ0n) is 9.98. The van der Waals surface area contributed by atoms with E-state index in [1.807, 2.05) is 11.9 Å². The summed E-state index contributed by atoms with van der Waals surface area (Å²) >= 11 is 0. The van der Waals surface area contributed by atoms with E-state index in [1.54, 1.807) is 19.1 Å². The van der Waals surface area contributed by atoms with Crippen molar-refractivity contribution in [3.05, 3.63) is 47.3 Å². The maximum atomic E-state index is 12.7. The Morgan fingerprint density at radius 2 is 2.00 bits per heavy atom. The Morgan fingerprint density at radius 1 is 1.41 bits per heavy atom. The topological polar surface area (TPSA) is 40.5 Å². The number of carbonyl (C=O) groups is 1. The van der Waals surface area contributed by atoms with Crippen molar-refractivity contribution in [1.82, 2.24) is 4.90 Å². The van der Waals surface area contributed by atoms with Crippen LogP contribution in [0.3, 0.4) is 0 Å². The number of aliphatic carboxylic acids is 1. The minimum atomic E-state index is -0.933. The Labute approximate surface area is 100 Å². The van der Waals surface area contributed by atoms with Crippen LogP contribution in [0.25, 0.3) is 0 Å². The lowest BCUT2D eigenvalue weighted by atomic mass is 10.2. The van der Waals surface area contributed by atoms with E-state index in [9.17, 15) is 9.18 Å². The molecular weight excluding hydrogens is 221 g/mol. The lowest BCUT2D eigenvalue weighted by Gasteiger charge is -2.16. The van der Waals surface area contributed by atoms with Crippen LogP contribution in [0, 0.1) is 5.82 Å². The first-order chi connectivity index (χ1) is 7.97. The fourth-order valence-electron chi connectivity index (χ4n) is 1.64. The molecule has 0 spiro atoms. The van der Waals surface area contributed by atoms with Gasteiger partial charge in [-0.1, -0.05) is 17.7 Å². The maximum Gasteiger partial charge on any atom is 0.328 e. The molecule has 1 N–H and O–H groups in total. The zero-order valence-corrected chi connectivity index (χ0v) is 9.98. The summed E-state index contributed by atoms with van der Waals surface area (Å²) in [6, 6.07) is 6.29. The molecule has 0 fully saturated rings. The van der Waals surface area contributed by atoms with Crippen LogP contribution in [-0.4, -0.2) is 29.6 Å². The fraction of sp³-hybridized carbons (Fsp3) is 0.308. The van der Waals surface area contributed by atoms with Gasteiger partial charge in [-0.25, -0.2) is 9.18 Å². The van der Waals surface area contributed by atoms with Gasteiger partial charge in [-0.05, 0) is 31.7 Å². The molecule has 0 amide bonds. The number of hydrogen-bond acceptors (Lipinski definition) is 2. The summed E-state index contributed by atoms with van der Waals surface area (Å²) in [5, 5.41) is 8.58. The molecule has 0 saturated carbocycles. The summed E-state index contributed by atoms with van der Waals surface area (Å²) in [5.74, 6) is -1.18. The highest BCUT2D eigenvalue weighted by Gasteiger charge is 2.02. The highest BCUT2D eigenvalue weighted by Crippen LogP contribution is 2.07. The van der Waals surface area contributed by atoms with E-state index in [-0.39, 0.29) is 5.82 Å². The first kappa shape index (κ1) is 13.4. The average molecular weight is 237 g/mol. The molecular formula is C13H16FNO2. The highest BCUT2D eigenvalue weighted by molar-refractivity contribution is 5.80. The highest BCUT2D eigenvalue weighted by atomic mass is 19.1. The molecule has 1 aromatic carbocycles. The van der Waals surface area contributed by atoms with Crippen molar-refractivity contribution < 1.29 is 14.3 Å². The second-order valence-electron chi connectivity index (χ2n) is 4.13. The summed E-state index contributed by atoms with van der Waals surface area (Å²) < 4.78 is 12.7. The second-order valence-corrected chi connectivity index (χ2v) is 4.13. The molecule has 1 rings (SSSR count). The van der Waals surface area contributed by atoms with Gasteiger partial charge in [-0.2, -0.15) is 0 Å². The van der Waals surface area contributed by atoms with Gasteiger partial charge in [-0.15, -0.1) is 0 Å². The largest absolute Gasteiger partial charge is 0.478 e. The second kappa shape index (κ2) is 6.15. The van der Waals surface area contributed by atoms with Crippen LogP contribution in [0.5, 0.6) is 0 Å². The molecule has 0 radical (unpaired) electrons. The number of halogens is 1. The molecule has 0 aliphatic carbocycles. The van der Waals surface area contributed by atoms with Crippen molar-refractivity contribution in [2.45, 2.75) is 13.5 Å². The number of benzene rings is 1. The normalized spacial score (nSPS) is 11.9. The van der Waals surface area contributed by atoms with Gasteiger partial charge in [0.05, 0.1) is 0 Å². The van der Waals surface area contributed by atoms with Crippen molar-refractivity contribution in [2.75, 3.05) is 13.6 Å². The first-order valence-electron chi connectivity index (χ1n) is 5.30. The Bertz CT molecular complexity index is 412. The summed E-state index contributed by atoms with van der Waals surface area (Å²) in [7, 11) is 1.89. The lowest BCUT2D eigenvalue weighted by molar-refractivity contribution is -0.131. The minimum absolute atomic E-state index is 0.252. The molecule has 0 heterocycles. The maximum absolute atomic E-state index is 12.7. The van der Waals surface area contributed by atoms with Crippen LogP contribution in [0.15, 0.2) is 35.9 Å². The molecule has 0 saturated heterocycles. The number of likely N-dealkylation sites (N-methyl/N-ethyl adjacent to an activating group) is 1. The van der Waals surface area contributed by atoms with Crippen molar-refractivity contribution in [2.24, 2.45) is 0 Å². The fourth-order valence-corrected chi connectivity index (χ4v) is 1.64. The van der Waals surface area contributed by atoms with E-state index < -0.39 is 5.97 Å². The molecule has 3 nitrogen and oxygen atoms in total.